The summed E-state index contributed by atoms with van der Waals surface area (Å²) >= 11 is 0. The van der Waals surface area contributed by atoms with E-state index in [1.165, 1.54) is 24.1 Å². The molecule has 0 heterocycles. The highest BCUT2D eigenvalue weighted by Gasteiger charge is 2.07. The summed E-state index contributed by atoms with van der Waals surface area (Å²) in [5.41, 5.74) is 3.55. The van der Waals surface area contributed by atoms with Crippen LogP contribution in [0.25, 0.3) is 0 Å². The van der Waals surface area contributed by atoms with Gasteiger partial charge in [-0.2, -0.15) is 0 Å². The molecule has 0 radical (unpaired) electrons. The number of hydrogen-bond donors (Lipinski definition) is 1. The molecule has 1 aromatic carbocycles. The molecule has 90 valence electrons. The second-order valence-electron chi connectivity index (χ2n) is 4.21. The van der Waals surface area contributed by atoms with Crippen LogP contribution in [0.15, 0.2) is 18.2 Å². The largest absolute Gasteiger partial charge is 0.392 e. The lowest BCUT2D eigenvalue weighted by Gasteiger charge is -2.25. The van der Waals surface area contributed by atoms with E-state index < -0.39 is 0 Å². The van der Waals surface area contributed by atoms with Crippen molar-refractivity contribution >= 4 is 5.69 Å². The maximum atomic E-state index is 9.08. The summed E-state index contributed by atoms with van der Waals surface area (Å²) < 4.78 is 0. The van der Waals surface area contributed by atoms with Crippen molar-refractivity contribution in [3.8, 4) is 0 Å². The quantitative estimate of drug-likeness (QED) is 0.798. The standard InChI is InChI=1S/C14H23NO/c1-4-6-9-15(5-2)14-8-7-13(11-16)10-12(14)3/h7-8,10,16H,4-6,9,11H2,1-3H3. The van der Waals surface area contributed by atoms with E-state index in [1.54, 1.807) is 0 Å². The van der Waals surface area contributed by atoms with Crippen LogP contribution in [0.4, 0.5) is 5.69 Å². The van der Waals surface area contributed by atoms with Crippen molar-refractivity contribution in [2.24, 2.45) is 0 Å². The monoisotopic (exact) mass is 221 g/mol. The first-order chi connectivity index (χ1) is 7.72. The lowest BCUT2D eigenvalue weighted by atomic mass is 10.1. The van der Waals surface area contributed by atoms with Gasteiger partial charge in [-0.15, -0.1) is 0 Å². The van der Waals surface area contributed by atoms with Gasteiger partial charge in [0.1, 0.15) is 0 Å². The van der Waals surface area contributed by atoms with Crippen LogP contribution < -0.4 is 4.90 Å². The minimum Gasteiger partial charge on any atom is -0.392 e. The van der Waals surface area contributed by atoms with E-state index in [4.69, 9.17) is 5.11 Å². The summed E-state index contributed by atoms with van der Waals surface area (Å²) in [5.74, 6) is 0. The Kier molecular flexibility index (Phi) is 5.33. The van der Waals surface area contributed by atoms with Crippen molar-refractivity contribution in [2.75, 3.05) is 18.0 Å². The maximum Gasteiger partial charge on any atom is 0.0681 e. The third-order valence-corrected chi connectivity index (χ3v) is 2.95. The van der Waals surface area contributed by atoms with Crippen LogP contribution in [0.2, 0.25) is 0 Å². The third kappa shape index (κ3) is 3.24. The van der Waals surface area contributed by atoms with Gasteiger partial charge in [0.2, 0.25) is 0 Å². The van der Waals surface area contributed by atoms with E-state index in [9.17, 15) is 0 Å². The fourth-order valence-corrected chi connectivity index (χ4v) is 1.97. The highest BCUT2D eigenvalue weighted by molar-refractivity contribution is 5.54. The number of rotatable bonds is 6. The van der Waals surface area contributed by atoms with Gasteiger partial charge in [-0.05, 0) is 37.5 Å². The van der Waals surface area contributed by atoms with Gasteiger partial charge in [-0.1, -0.05) is 25.5 Å². The molecule has 0 fully saturated rings. The number of unbranched alkanes of at least 4 members (excludes halogenated alkanes) is 1. The Morgan fingerprint density at radius 1 is 1.25 bits per heavy atom. The first-order valence-electron chi connectivity index (χ1n) is 6.18. The van der Waals surface area contributed by atoms with E-state index in [2.05, 4.69) is 37.8 Å². The zero-order chi connectivity index (χ0) is 12.0. The molecule has 1 rings (SSSR count). The number of aryl methyl sites for hydroxylation is 1. The molecule has 0 aliphatic heterocycles. The van der Waals surface area contributed by atoms with Gasteiger partial charge in [-0.3, -0.25) is 0 Å². The smallest absolute Gasteiger partial charge is 0.0681 e. The SMILES string of the molecule is CCCCN(CC)c1ccc(CO)cc1C. The summed E-state index contributed by atoms with van der Waals surface area (Å²) in [6.07, 6.45) is 2.46. The van der Waals surface area contributed by atoms with Gasteiger partial charge in [-0.25, -0.2) is 0 Å². The van der Waals surface area contributed by atoms with Crippen molar-refractivity contribution < 1.29 is 5.11 Å². The van der Waals surface area contributed by atoms with Gasteiger partial charge in [0.25, 0.3) is 0 Å². The molecule has 2 heteroatoms. The average Bonchev–Trinajstić information content (AvgIpc) is 2.31. The predicted octanol–water partition coefficient (Wildman–Crippen LogP) is 3.11. The molecule has 0 aliphatic carbocycles. The van der Waals surface area contributed by atoms with Crippen molar-refractivity contribution in [1.82, 2.24) is 0 Å². The van der Waals surface area contributed by atoms with Crippen molar-refractivity contribution in [3.63, 3.8) is 0 Å². The molecular formula is C14H23NO. The number of hydrogen-bond acceptors (Lipinski definition) is 2. The molecule has 2 nitrogen and oxygen atoms in total. The number of aliphatic hydroxyl groups excluding tert-OH is 1. The molecule has 0 saturated carbocycles. The van der Waals surface area contributed by atoms with Crippen LogP contribution in [0.1, 0.15) is 37.8 Å². The van der Waals surface area contributed by atoms with Gasteiger partial charge in [0, 0.05) is 18.8 Å². The van der Waals surface area contributed by atoms with Gasteiger partial charge in [0.15, 0.2) is 0 Å². The minimum absolute atomic E-state index is 0.127. The van der Waals surface area contributed by atoms with E-state index in [-0.39, 0.29) is 6.61 Å². The van der Waals surface area contributed by atoms with E-state index in [1.807, 2.05) is 6.07 Å². The fourth-order valence-electron chi connectivity index (χ4n) is 1.97. The predicted molar refractivity (Wildman–Crippen MR) is 69.9 cm³/mol. The lowest BCUT2D eigenvalue weighted by molar-refractivity contribution is 0.282. The Morgan fingerprint density at radius 2 is 2.00 bits per heavy atom. The Hall–Kier alpha value is -1.02. The normalized spacial score (nSPS) is 10.5. The fraction of sp³-hybridized carbons (Fsp3) is 0.571. The molecule has 0 amide bonds. The van der Waals surface area contributed by atoms with E-state index in [0.717, 1.165) is 18.7 Å². The number of aliphatic hydroxyl groups is 1. The second kappa shape index (κ2) is 6.54. The van der Waals surface area contributed by atoms with E-state index in [0.29, 0.717) is 0 Å². The zero-order valence-corrected chi connectivity index (χ0v) is 10.7. The molecule has 0 aromatic heterocycles. The number of nitrogens with zero attached hydrogens (tertiary/aromatic N) is 1. The second-order valence-corrected chi connectivity index (χ2v) is 4.21. The molecule has 0 spiro atoms. The summed E-state index contributed by atoms with van der Waals surface area (Å²) in [6, 6.07) is 6.21. The maximum absolute atomic E-state index is 9.08. The van der Waals surface area contributed by atoms with Crippen LogP contribution >= 0.6 is 0 Å². The average molecular weight is 221 g/mol. The van der Waals surface area contributed by atoms with Gasteiger partial charge >= 0.3 is 0 Å². The first-order valence-corrected chi connectivity index (χ1v) is 6.18. The topological polar surface area (TPSA) is 23.5 Å². The zero-order valence-electron chi connectivity index (χ0n) is 10.7. The molecule has 0 atom stereocenters. The molecule has 16 heavy (non-hydrogen) atoms. The molecule has 1 aromatic rings. The summed E-state index contributed by atoms with van der Waals surface area (Å²) in [5, 5.41) is 9.08. The molecular weight excluding hydrogens is 198 g/mol. The Balaban J connectivity index is 2.83. The summed E-state index contributed by atoms with van der Waals surface area (Å²) in [6.45, 7) is 8.81. The van der Waals surface area contributed by atoms with Crippen LogP contribution in [0.5, 0.6) is 0 Å². The van der Waals surface area contributed by atoms with Crippen molar-refractivity contribution in [1.29, 1.82) is 0 Å². The Bertz CT molecular complexity index is 323. The highest BCUT2D eigenvalue weighted by Crippen LogP contribution is 2.21. The summed E-state index contributed by atoms with van der Waals surface area (Å²) in [4.78, 5) is 2.40. The van der Waals surface area contributed by atoms with Crippen LogP contribution in [-0.4, -0.2) is 18.2 Å². The van der Waals surface area contributed by atoms with Gasteiger partial charge in [0.05, 0.1) is 6.61 Å². The molecule has 0 bridgehead atoms. The first kappa shape index (κ1) is 13.0. The van der Waals surface area contributed by atoms with Crippen LogP contribution in [-0.2, 0) is 6.61 Å². The lowest BCUT2D eigenvalue weighted by Crippen LogP contribution is -2.24. The number of anilines is 1. The van der Waals surface area contributed by atoms with E-state index >= 15 is 0 Å². The molecule has 0 aliphatic rings. The highest BCUT2D eigenvalue weighted by atomic mass is 16.3. The minimum atomic E-state index is 0.127. The Morgan fingerprint density at radius 3 is 2.50 bits per heavy atom. The van der Waals surface area contributed by atoms with Crippen LogP contribution in [0.3, 0.4) is 0 Å². The van der Waals surface area contributed by atoms with Crippen LogP contribution in [0, 0.1) is 6.92 Å². The van der Waals surface area contributed by atoms with Crippen molar-refractivity contribution in [2.45, 2.75) is 40.2 Å². The molecule has 0 saturated heterocycles. The third-order valence-electron chi connectivity index (χ3n) is 2.95. The van der Waals surface area contributed by atoms with Gasteiger partial charge < -0.3 is 10.0 Å². The molecule has 1 N–H and O–H groups in total. The molecule has 0 unspecified atom stereocenters. The number of benzene rings is 1. The summed E-state index contributed by atoms with van der Waals surface area (Å²) in [7, 11) is 0. The van der Waals surface area contributed by atoms with Crippen molar-refractivity contribution in [3.05, 3.63) is 29.3 Å². The Labute approximate surface area is 98.9 Å².